The fraction of sp³-hybridized carbons (Fsp3) is 0.278. The zero-order valence-corrected chi connectivity index (χ0v) is 33.8. The highest BCUT2D eigenvalue weighted by atomic mass is 32.2. The van der Waals surface area contributed by atoms with Crippen LogP contribution in [0.4, 0.5) is 0 Å². The number of β-lactam (4-membered cyclic amide) rings is 1. The molecule has 0 saturated carbocycles. The number of nitrogens with zero attached hydrogens (tertiary/aromatic N) is 5. The van der Waals surface area contributed by atoms with Gasteiger partial charge in [-0.05, 0) is 45.8 Å². The third-order valence-electron chi connectivity index (χ3n) is 8.77. The molecule has 24 nitrogen and oxygen atoms in total. The summed E-state index contributed by atoms with van der Waals surface area (Å²) in [4.78, 5) is 115. The van der Waals surface area contributed by atoms with E-state index in [1.807, 2.05) is 0 Å². The number of nitrogens with one attached hydrogen (secondary N) is 2. The molecule has 6 rings (SSSR count). The molecule has 62 heavy (non-hydrogen) atoms. The standard InChI is InChI=1S/C36H31N7O17S2/c1-15(44)58-23-9-18-8-21(32(54)60-22(18)10-24(23)59-16(2)45)29(50)37-27(17-4-6-20(7-5-17)57-12-26(48)49)30(51)38-36(56-3)33(55)43-28(31(52)53)19(13-61-34(36)43)14-62-35-39-40-41-42(35)11-25(46)47/h4-10,27,34H,11-14H2,1-3H3,(H,37,50)(H,38,51)(H,46,47)(H,48,49)(H,52,53)/t27?,34-,36+/m1/s1. The number of hydrogen-bond acceptors (Lipinski definition) is 19. The number of hydrogen-bond donors (Lipinski definition) is 5. The van der Waals surface area contributed by atoms with Crippen molar-refractivity contribution in [2.24, 2.45) is 0 Å². The van der Waals surface area contributed by atoms with Gasteiger partial charge in [0.2, 0.25) is 11.1 Å². The number of benzene rings is 2. The summed E-state index contributed by atoms with van der Waals surface area (Å²) >= 11 is 1.96. The molecule has 4 aromatic rings. The lowest BCUT2D eigenvalue weighted by Gasteiger charge is -2.56. The van der Waals surface area contributed by atoms with Crippen LogP contribution in [0.25, 0.3) is 11.0 Å². The first-order valence-electron chi connectivity index (χ1n) is 17.5. The molecule has 2 aliphatic heterocycles. The van der Waals surface area contributed by atoms with Gasteiger partial charge in [0.1, 0.15) is 40.6 Å². The molecule has 0 aliphatic carbocycles. The summed E-state index contributed by atoms with van der Waals surface area (Å²) in [6.45, 7) is 0.898. The number of thioether (sulfide) groups is 2. The molecule has 1 saturated heterocycles. The number of rotatable bonds is 17. The summed E-state index contributed by atoms with van der Waals surface area (Å²) in [5.74, 6) is -9.38. The molecule has 0 spiro atoms. The number of methoxy groups -OCH3 is 1. The van der Waals surface area contributed by atoms with Crippen LogP contribution in [0, 0.1) is 0 Å². The van der Waals surface area contributed by atoms with Crippen LogP contribution in [0.3, 0.4) is 0 Å². The number of carbonyl (C=O) groups is 8. The predicted octanol–water partition coefficient (Wildman–Crippen LogP) is 0.154. The van der Waals surface area contributed by atoms with E-state index in [1.165, 1.54) is 30.3 Å². The fourth-order valence-electron chi connectivity index (χ4n) is 6.15. The molecule has 2 aromatic carbocycles. The second kappa shape index (κ2) is 18.1. The topological polar surface area (TPSA) is 335 Å². The van der Waals surface area contributed by atoms with Crippen molar-refractivity contribution in [3.05, 3.63) is 75.3 Å². The van der Waals surface area contributed by atoms with Gasteiger partial charge in [0, 0.05) is 43.9 Å². The third kappa shape index (κ3) is 9.20. The number of esters is 2. The third-order valence-corrected chi connectivity index (χ3v) is 11.2. The Kier molecular flexibility index (Phi) is 12.9. The fourth-order valence-corrected chi connectivity index (χ4v) is 8.61. The Hall–Kier alpha value is -7.32. The molecule has 26 heteroatoms. The zero-order valence-electron chi connectivity index (χ0n) is 32.1. The van der Waals surface area contributed by atoms with Gasteiger partial charge in [0.15, 0.2) is 18.1 Å². The van der Waals surface area contributed by atoms with Gasteiger partial charge in [-0.15, -0.1) is 16.9 Å². The van der Waals surface area contributed by atoms with Crippen molar-refractivity contribution in [1.29, 1.82) is 0 Å². The molecule has 2 aromatic heterocycles. The first-order chi connectivity index (χ1) is 29.4. The van der Waals surface area contributed by atoms with Crippen LogP contribution in [0.2, 0.25) is 0 Å². The van der Waals surface area contributed by atoms with Crippen molar-refractivity contribution >= 4 is 82.1 Å². The van der Waals surface area contributed by atoms with E-state index in [1.54, 1.807) is 0 Å². The van der Waals surface area contributed by atoms with Crippen molar-refractivity contribution in [3.63, 3.8) is 0 Å². The van der Waals surface area contributed by atoms with E-state index in [9.17, 15) is 48.3 Å². The minimum atomic E-state index is -2.20. The average Bonchev–Trinajstić information content (AvgIpc) is 3.65. The number of carboxylic acids is 3. The molecule has 3 amide bonds. The Morgan fingerprint density at radius 2 is 1.66 bits per heavy atom. The maximum atomic E-state index is 14.3. The van der Waals surface area contributed by atoms with Crippen LogP contribution >= 0.6 is 23.5 Å². The Morgan fingerprint density at radius 3 is 2.27 bits per heavy atom. The molecule has 5 N–H and O–H groups in total. The van der Waals surface area contributed by atoms with Gasteiger partial charge in [0.05, 0.1) is 0 Å². The number of amides is 3. The monoisotopic (exact) mass is 897 g/mol. The van der Waals surface area contributed by atoms with E-state index in [2.05, 4.69) is 26.2 Å². The molecule has 0 radical (unpaired) electrons. The number of carbonyl (C=O) groups excluding carboxylic acids is 5. The Bertz CT molecular complexity index is 2630. The minimum absolute atomic E-state index is 0.0121. The molecule has 0 bridgehead atoms. The molecule has 3 atom stereocenters. The number of aromatic nitrogens is 4. The summed E-state index contributed by atoms with van der Waals surface area (Å²) in [6.07, 6.45) is 0. The second-order valence-corrected chi connectivity index (χ2v) is 15.0. The lowest BCUT2D eigenvalue weighted by molar-refractivity contribution is -0.192. The average molecular weight is 898 g/mol. The Balaban J connectivity index is 1.30. The highest BCUT2D eigenvalue weighted by Gasteiger charge is 2.67. The van der Waals surface area contributed by atoms with Crippen LogP contribution in [0.5, 0.6) is 17.2 Å². The van der Waals surface area contributed by atoms with Gasteiger partial charge in [-0.25, -0.2) is 19.1 Å². The van der Waals surface area contributed by atoms with E-state index in [0.717, 1.165) is 66.2 Å². The molecule has 1 unspecified atom stereocenters. The smallest absolute Gasteiger partial charge is 0.352 e. The maximum absolute atomic E-state index is 14.3. The quantitative estimate of drug-likeness (QED) is 0.0235. The van der Waals surface area contributed by atoms with Gasteiger partial charge < -0.3 is 49.3 Å². The van der Waals surface area contributed by atoms with Crippen molar-refractivity contribution in [3.8, 4) is 17.2 Å². The molecule has 1 fully saturated rings. The first-order valence-corrected chi connectivity index (χ1v) is 19.6. The number of tetrazole rings is 1. The van der Waals surface area contributed by atoms with Crippen LogP contribution < -0.4 is 30.5 Å². The molecular weight excluding hydrogens is 867 g/mol. The lowest BCUT2D eigenvalue weighted by Crippen LogP contribution is -2.81. The van der Waals surface area contributed by atoms with E-state index >= 15 is 0 Å². The van der Waals surface area contributed by atoms with Crippen molar-refractivity contribution in [2.45, 2.75) is 42.7 Å². The molecule has 324 valence electrons. The Morgan fingerprint density at radius 1 is 0.984 bits per heavy atom. The highest BCUT2D eigenvalue weighted by Crippen LogP contribution is 2.47. The van der Waals surface area contributed by atoms with E-state index in [-0.39, 0.29) is 56.0 Å². The van der Waals surface area contributed by atoms with Gasteiger partial charge >= 0.3 is 35.5 Å². The van der Waals surface area contributed by atoms with E-state index < -0.39 is 94.7 Å². The van der Waals surface area contributed by atoms with Gasteiger partial charge in [-0.2, -0.15) is 0 Å². The number of aliphatic carboxylic acids is 3. The van der Waals surface area contributed by atoms with Crippen LogP contribution in [-0.4, -0.2) is 124 Å². The maximum Gasteiger partial charge on any atom is 0.352 e. The molecule has 2 aliphatic rings. The van der Waals surface area contributed by atoms with E-state index in [0.29, 0.717) is 0 Å². The van der Waals surface area contributed by atoms with Crippen LogP contribution in [0.1, 0.15) is 35.8 Å². The van der Waals surface area contributed by atoms with Gasteiger partial charge in [-0.3, -0.25) is 33.7 Å². The largest absolute Gasteiger partial charge is 0.482 e. The summed E-state index contributed by atoms with van der Waals surface area (Å²) in [5.41, 5.74) is -4.40. The normalized spacial score (nSPS) is 17.3. The summed E-state index contributed by atoms with van der Waals surface area (Å²) in [5, 5.41) is 43.0. The van der Waals surface area contributed by atoms with Crippen LogP contribution in [0.15, 0.2) is 68.1 Å². The van der Waals surface area contributed by atoms with Gasteiger partial charge in [0.25, 0.3) is 17.5 Å². The van der Waals surface area contributed by atoms with Gasteiger partial charge in [-0.1, -0.05) is 23.9 Å². The molecule has 4 heterocycles. The highest BCUT2D eigenvalue weighted by molar-refractivity contribution is 8.01. The summed E-state index contributed by atoms with van der Waals surface area (Å²) in [7, 11) is 1.09. The minimum Gasteiger partial charge on any atom is -0.482 e. The number of fused-ring (bicyclic) bond motifs is 2. The van der Waals surface area contributed by atoms with Crippen molar-refractivity contribution < 1.29 is 77.0 Å². The zero-order chi connectivity index (χ0) is 45.0. The SMILES string of the molecule is CO[C@@]1(NC(=O)C(NC(=O)c2cc3cc(OC(C)=O)c(OC(C)=O)cc3oc2=O)c2ccc(OCC(=O)O)cc2)C(=O)N2C(C(=O)O)=C(CSc3nnnn3CC(=O)O)CS[C@@H]21. The summed E-state index contributed by atoms with van der Waals surface area (Å²) in [6, 6.07) is 6.73. The lowest BCUT2D eigenvalue weighted by atomic mass is 9.96. The number of ether oxygens (including phenoxy) is 4. The van der Waals surface area contributed by atoms with Crippen LogP contribution in [-0.2, 0) is 44.8 Å². The molecular formula is C36H31N7O17S2. The summed E-state index contributed by atoms with van der Waals surface area (Å²) < 4.78 is 27.3. The van der Waals surface area contributed by atoms with Crippen molar-refractivity contribution in [2.75, 3.05) is 25.2 Å². The van der Waals surface area contributed by atoms with E-state index in [4.69, 9.17) is 33.6 Å². The second-order valence-electron chi connectivity index (χ2n) is 13.0. The number of carboxylic acid groups (broad SMARTS) is 3. The first kappa shape index (κ1) is 44.2. The van der Waals surface area contributed by atoms with Crippen molar-refractivity contribution in [1.82, 2.24) is 35.7 Å². The predicted molar refractivity (Wildman–Crippen MR) is 207 cm³/mol. The Labute approximate surface area is 354 Å².